The SMILES string of the molecule is Cc1cccc(Nc2cc3c(cc2C)Oc2cc(N(CCCC(C)C)CCC(C)C)ccc2C32OC(=O)c3ccccc32)c1. The quantitative estimate of drug-likeness (QED) is 0.187. The number of esters is 1. The fourth-order valence-electron chi connectivity index (χ4n) is 6.49. The predicted octanol–water partition coefficient (Wildman–Crippen LogP) is 9.90. The van der Waals surface area contributed by atoms with Gasteiger partial charge >= 0.3 is 5.97 Å². The first-order valence-corrected chi connectivity index (χ1v) is 16.0. The van der Waals surface area contributed by atoms with E-state index in [1.165, 1.54) is 12.0 Å². The van der Waals surface area contributed by atoms with E-state index in [-0.39, 0.29) is 5.97 Å². The number of hydrogen-bond acceptors (Lipinski definition) is 5. The lowest BCUT2D eigenvalue weighted by atomic mass is 9.77. The molecule has 0 bridgehead atoms. The average molecular weight is 589 g/mol. The van der Waals surface area contributed by atoms with Gasteiger partial charge in [0.2, 0.25) is 0 Å². The Kier molecular flexibility index (Phi) is 8.15. The summed E-state index contributed by atoms with van der Waals surface area (Å²) in [5.74, 6) is 2.42. The zero-order chi connectivity index (χ0) is 31.0. The summed E-state index contributed by atoms with van der Waals surface area (Å²) in [5.41, 5.74) is 7.33. The van der Waals surface area contributed by atoms with Crippen LogP contribution in [0.15, 0.2) is 78.9 Å². The van der Waals surface area contributed by atoms with E-state index in [1.807, 2.05) is 30.3 Å². The molecular formula is C39H44N2O3. The first-order chi connectivity index (χ1) is 21.2. The van der Waals surface area contributed by atoms with Crippen LogP contribution in [0.25, 0.3) is 0 Å². The number of nitrogens with one attached hydrogen (secondary N) is 1. The van der Waals surface area contributed by atoms with Crippen molar-refractivity contribution in [3.05, 3.63) is 112 Å². The first kappa shape index (κ1) is 29.8. The van der Waals surface area contributed by atoms with Gasteiger partial charge in [-0.1, -0.05) is 58.0 Å². The molecular weight excluding hydrogens is 544 g/mol. The summed E-state index contributed by atoms with van der Waals surface area (Å²) in [6, 6.07) is 26.7. The van der Waals surface area contributed by atoms with Crippen molar-refractivity contribution >= 4 is 23.0 Å². The van der Waals surface area contributed by atoms with E-state index in [2.05, 4.69) is 100 Å². The third-order valence-corrected chi connectivity index (χ3v) is 8.89. The van der Waals surface area contributed by atoms with Crippen LogP contribution >= 0.6 is 0 Å². The molecule has 2 aliphatic heterocycles. The van der Waals surface area contributed by atoms with E-state index in [1.54, 1.807) is 0 Å². The summed E-state index contributed by atoms with van der Waals surface area (Å²) in [5, 5.41) is 3.60. The molecule has 1 atom stereocenters. The van der Waals surface area contributed by atoms with Crippen LogP contribution in [0.1, 0.15) is 85.1 Å². The Bertz CT molecular complexity index is 1690. The highest BCUT2D eigenvalue weighted by molar-refractivity contribution is 5.97. The highest BCUT2D eigenvalue weighted by Gasteiger charge is 2.53. The van der Waals surface area contributed by atoms with Crippen LogP contribution in [0.5, 0.6) is 11.5 Å². The molecule has 0 aromatic heterocycles. The van der Waals surface area contributed by atoms with Gasteiger partial charge < -0.3 is 19.7 Å². The molecule has 2 heterocycles. The number of fused-ring (bicyclic) bond motifs is 6. The van der Waals surface area contributed by atoms with Gasteiger partial charge in [0.1, 0.15) is 11.5 Å². The lowest BCUT2D eigenvalue weighted by Gasteiger charge is -2.38. The number of benzene rings is 4. The molecule has 0 aliphatic carbocycles. The van der Waals surface area contributed by atoms with Gasteiger partial charge in [-0.2, -0.15) is 0 Å². The second-order valence-corrected chi connectivity index (χ2v) is 13.3. The second-order valence-electron chi connectivity index (χ2n) is 13.3. The van der Waals surface area contributed by atoms with Crippen LogP contribution in [-0.2, 0) is 10.3 Å². The fraction of sp³-hybridized carbons (Fsp3) is 0.359. The van der Waals surface area contributed by atoms with Crippen molar-refractivity contribution in [2.24, 2.45) is 11.8 Å². The molecule has 0 fully saturated rings. The molecule has 1 unspecified atom stereocenters. The second kappa shape index (κ2) is 12.0. The van der Waals surface area contributed by atoms with Crippen molar-refractivity contribution in [1.82, 2.24) is 0 Å². The van der Waals surface area contributed by atoms with Crippen molar-refractivity contribution in [2.45, 2.75) is 66.4 Å². The predicted molar refractivity (Wildman–Crippen MR) is 180 cm³/mol. The summed E-state index contributed by atoms with van der Waals surface area (Å²) in [6.07, 6.45) is 3.45. The van der Waals surface area contributed by atoms with Gasteiger partial charge in [0.15, 0.2) is 5.60 Å². The minimum Gasteiger partial charge on any atom is -0.456 e. The molecule has 0 amide bonds. The number of carbonyl (C=O) groups excluding carboxylic acids is 1. The molecule has 44 heavy (non-hydrogen) atoms. The highest BCUT2D eigenvalue weighted by atomic mass is 16.6. The van der Waals surface area contributed by atoms with Crippen LogP contribution in [0.2, 0.25) is 0 Å². The summed E-state index contributed by atoms with van der Waals surface area (Å²) in [7, 11) is 0. The normalized spacial score (nSPS) is 16.4. The molecule has 4 aromatic carbocycles. The van der Waals surface area contributed by atoms with Crippen molar-refractivity contribution in [3.63, 3.8) is 0 Å². The minimum absolute atomic E-state index is 0.315. The van der Waals surface area contributed by atoms with Crippen LogP contribution in [-0.4, -0.2) is 19.1 Å². The topological polar surface area (TPSA) is 50.8 Å². The number of aryl methyl sites for hydroxylation is 2. The number of ether oxygens (including phenoxy) is 2. The Morgan fingerprint density at radius 3 is 2.32 bits per heavy atom. The molecule has 2 aliphatic rings. The van der Waals surface area contributed by atoms with Crippen LogP contribution in [0.3, 0.4) is 0 Å². The van der Waals surface area contributed by atoms with Crippen molar-refractivity contribution in [3.8, 4) is 11.5 Å². The Hall–Kier alpha value is -4.25. The largest absolute Gasteiger partial charge is 0.456 e. The number of carbonyl (C=O) groups is 1. The highest BCUT2D eigenvalue weighted by Crippen LogP contribution is 2.57. The monoisotopic (exact) mass is 588 g/mol. The molecule has 6 rings (SSSR count). The van der Waals surface area contributed by atoms with Crippen molar-refractivity contribution in [1.29, 1.82) is 0 Å². The Morgan fingerprint density at radius 2 is 1.55 bits per heavy atom. The standard InChI is InChI=1S/C39H44N2O3/c1-25(2)11-10-19-41(20-18-26(3)4)30-16-17-33-37(23-30)43-36-22-28(6)35(40-29-13-9-12-27(5)21-29)24-34(36)39(33)32-15-8-7-14-31(32)38(42)44-39/h7-9,12-17,21-26,40H,10-11,18-20H2,1-6H3. The summed E-state index contributed by atoms with van der Waals surface area (Å²) < 4.78 is 13.2. The maximum atomic E-state index is 13.4. The molecule has 1 spiro atoms. The summed E-state index contributed by atoms with van der Waals surface area (Å²) in [6.45, 7) is 15.3. The van der Waals surface area contributed by atoms with Crippen LogP contribution < -0.4 is 15.0 Å². The van der Waals surface area contributed by atoms with E-state index in [9.17, 15) is 4.79 Å². The van der Waals surface area contributed by atoms with Gasteiger partial charge in [-0.3, -0.25) is 0 Å². The number of hydrogen-bond donors (Lipinski definition) is 1. The number of nitrogens with zero attached hydrogens (tertiary/aromatic N) is 1. The van der Waals surface area contributed by atoms with E-state index in [4.69, 9.17) is 9.47 Å². The average Bonchev–Trinajstić information content (AvgIpc) is 3.28. The number of anilines is 3. The van der Waals surface area contributed by atoms with E-state index in [0.29, 0.717) is 23.1 Å². The van der Waals surface area contributed by atoms with Gasteiger partial charge in [-0.25, -0.2) is 4.79 Å². The zero-order valence-corrected chi connectivity index (χ0v) is 26.9. The molecule has 4 aromatic rings. The summed E-state index contributed by atoms with van der Waals surface area (Å²) in [4.78, 5) is 15.9. The molecule has 0 saturated carbocycles. The maximum Gasteiger partial charge on any atom is 0.340 e. The maximum absolute atomic E-state index is 13.4. The number of rotatable bonds is 10. The Balaban J connectivity index is 1.47. The Morgan fingerprint density at radius 1 is 0.773 bits per heavy atom. The van der Waals surface area contributed by atoms with Crippen LogP contribution in [0, 0.1) is 25.7 Å². The molecule has 0 saturated heterocycles. The van der Waals surface area contributed by atoms with Gasteiger partial charge in [0, 0.05) is 52.9 Å². The molecule has 1 N–H and O–H groups in total. The summed E-state index contributed by atoms with van der Waals surface area (Å²) >= 11 is 0. The van der Waals surface area contributed by atoms with E-state index >= 15 is 0 Å². The fourth-order valence-corrected chi connectivity index (χ4v) is 6.49. The molecule has 5 heteroatoms. The Labute approximate surface area is 262 Å². The van der Waals surface area contributed by atoms with Gasteiger partial charge in [0.25, 0.3) is 0 Å². The molecule has 228 valence electrons. The van der Waals surface area contributed by atoms with Gasteiger partial charge in [-0.05, 0) is 98.5 Å². The first-order valence-electron chi connectivity index (χ1n) is 16.0. The lowest BCUT2D eigenvalue weighted by molar-refractivity contribution is 0.0224. The third kappa shape index (κ3) is 5.56. The van der Waals surface area contributed by atoms with Crippen LogP contribution in [0.4, 0.5) is 17.1 Å². The smallest absolute Gasteiger partial charge is 0.340 e. The van der Waals surface area contributed by atoms with Gasteiger partial charge in [-0.15, -0.1) is 0 Å². The van der Waals surface area contributed by atoms with Crippen molar-refractivity contribution in [2.75, 3.05) is 23.3 Å². The van der Waals surface area contributed by atoms with Gasteiger partial charge in [0.05, 0.1) is 5.56 Å². The zero-order valence-electron chi connectivity index (χ0n) is 26.9. The van der Waals surface area contributed by atoms with E-state index in [0.717, 1.165) is 71.0 Å². The lowest BCUT2D eigenvalue weighted by Crippen LogP contribution is -2.33. The van der Waals surface area contributed by atoms with Crippen molar-refractivity contribution < 1.29 is 14.3 Å². The molecule has 0 radical (unpaired) electrons. The minimum atomic E-state index is -1.10. The molecule has 5 nitrogen and oxygen atoms in total. The third-order valence-electron chi connectivity index (χ3n) is 8.89. The van der Waals surface area contributed by atoms with E-state index < -0.39 is 5.60 Å².